The number of H-pyrrole nitrogens is 1. The van der Waals surface area contributed by atoms with Gasteiger partial charge in [-0.2, -0.15) is 5.10 Å². The number of aromatic nitrogens is 3. The number of hydrogen-bond acceptors (Lipinski definition) is 4. The molecule has 0 bridgehead atoms. The highest BCUT2D eigenvalue weighted by molar-refractivity contribution is 5.93. The van der Waals surface area contributed by atoms with Crippen molar-refractivity contribution in [3.05, 3.63) is 17.7 Å². The first-order valence-electron chi connectivity index (χ1n) is 4.28. The first-order chi connectivity index (χ1) is 6.39. The van der Waals surface area contributed by atoms with Crippen LogP contribution < -0.4 is 0 Å². The van der Waals surface area contributed by atoms with E-state index in [2.05, 4.69) is 15.2 Å². The van der Waals surface area contributed by atoms with E-state index in [9.17, 15) is 5.11 Å². The topological polar surface area (TPSA) is 85.7 Å². The van der Waals surface area contributed by atoms with Gasteiger partial charge in [0, 0.05) is 5.71 Å². The van der Waals surface area contributed by atoms with Crippen LogP contribution in [-0.2, 0) is 5.60 Å². The fraction of sp³-hybridized carbons (Fsp3) is 0.444. The molecule has 0 aliphatic heterocycles. The quantitative estimate of drug-likeness (QED) is 0.629. The van der Waals surface area contributed by atoms with Crippen molar-refractivity contribution in [1.82, 2.24) is 15.2 Å². The lowest BCUT2D eigenvalue weighted by Gasteiger charge is -2.11. The van der Waals surface area contributed by atoms with Crippen LogP contribution in [0, 0.1) is 5.41 Å². The maximum absolute atomic E-state index is 9.58. The van der Waals surface area contributed by atoms with Gasteiger partial charge in [-0.25, -0.2) is 4.98 Å². The number of nitrogens with one attached hydrogen (secondary N) is 2. The lowest BCUT2D eigenvalue weighted by molar-refractivity contribution is 0.0691. The van der Waals surface area contributed by atoms with Crippen LogP contribution in [0.4, 0.5) is 0 Å². The molecule has 0 spiro atoms. The second kappa shape index (κ2) is 3.71. The fourth-order valence-electron chi connectivity index (χ4n) is 0.822. The van der Waals surface area contributed by atoms with E-state index >= 15 is 0 Å². The molecule has 3 N–H and O–H groups in total. The van der Waals surface area contributed by atoms with Gasteiger partial charge in [0.25, 0.3) is 0 Å². The Balaban J connectivity index is 2.84. The summed E-state index contributed by atoms with van der Waals surface area (Å²) in [6.45, 7) is 4.92. The van der Waals surface area contributed by atoms with E-state index < -0.39 is 5.60 Å². The van der Waals surface area contributed by atoms with Crippen LogP contribution >= 0.6 is 0 Å². The largest absolute Gasteiger partial charge is 0.382 e. The summed E-state index contributed by atoms with van der Waals surface area (Å²) in [5.74, 6) is 0.883. The zero-order valence-corrected chi connectivity index (χ0v) is 8.50. The lowest BCUT2D eigenvalue weighted by Crippen LogP contribution is -2.17. The molecule has 0 saturated heterocycles. The Morgan fingerprint density at radius 3 is 2.64 bits per heavy atom. The third-order valence-electron chi connectivity index (χ3n) is 1.56. The van der Waals surface area contributed by atoms with Gasteiger partial charge in [-0.3, -0.25) is 5.10 Å². The van der Waals surface area contributed by atoms with Crippen LogP contribution in [-0.4, -0.2) is 26.0 Å². The molecule has 1 aromatic rings. The molecule has 1 heterocycles. The van der Waals surface area contributed by atoms with Crippen LogP contribution in [0.2, 0.25) is 0 Å². The predicted molar refractivity (Wildman–Crippen MR) is 54.1 cm³/mol. The molecule has 76 valence electrons. The molecule has 5 nitrogen and oxygen atoms in total. The van der Waals surface area contributed by atoms with Crippen molar-refractivity contribution in [2.75, 3.05) is 0 Å². The normalized spacial score (nSPS) is 12.3. The molecule has 5 heteroatoms. The van der Waals surface area contributed by atoms with Gasteiger partial charge in [0.15, 0.2) is 11.6 Å². The Labute approximate surface area is 82.4 Å². The molecule has 1 aromatic heterocycles. The molecule has 0 saturated carbocycles. The Morgan fingerprint density at radius 1 is 1.57 bits per heavy atom. The van der Waals surface area contributed by atoms with Crippen LogP contribution in [0.5, 0.6) is 0 Å². The molecule has 0 unspecified atom stereocenters. The van der Waals surface area contributed by atoms with Crippen molar-refractivity contribution in [3.8, 4) is 0 Å². The van der Waals surface area contributed by atoms with E-state index in [0.29, 0.717) is 17.4 Å². The minimum absolute atomic E-state index is 0.416. The molecule has 0 aliphatic rings. The summed E-state index contributed by atoms with van der Waals surface area (Å²) in [7, 11) is 0. The SMILES string of the molecule is CC(=N)/C=C\c1n[nH]c(C(C)(C)O)n1. The van der Waals surface area contributed by atoms with Crippen molar-refractivity contribution < 1.29 is 5.11 Å². The van der Waals surface area contributed by atoms with Crippen LogP contribution in [0.15, 0.2) is 6.08 Å². The van der Waals surface area contributed by atoms with E-state index in [4.69, 9.17) is 5.41 Å². The van der Waals surface area contributed by atoms with Crippen LogP contribution in [0.25, 0.3) is 6.08 Å². The molecule has 1 rings (SSSR count). The summed E-state index contributed by atoms with van der Waals surface area (Å²) >= 11 is 0. The smallest absolute Gasteiger partial charge is 0.174 e. The Morgan fingerprint density at radius 2 is 2.21 bits per heavy atom. The molecule has 0 aliphatic carbocycles. The monoisotopic (exact) mass is 194 g/mol. The van der Waals surface area contributed by atoms with Crippen molar-refractivity contribution in [3.63, 3.8) is 0 Å². The fourth-order valence-corrected chi connectivity index (χ4v) is 0.822. The average molecular weight is 194 g/mol. The molecule has 0 aromatic carbocycles. The van der Waals surface area contributed by atoms with Gasteiger partial charge >= 0.3 is 0 Å². The molecular formula is C9H14N4O. The van der Waals surface area contributed by atoms with E-state index in [1.807, 2.05) is 0 Å². The number of allylic oxidation sites excluding steroid dienone is 1. The standard InChI is InChI=1S/C9H14N4O/c1-6(10)4-5-7-11-8(13-12-7)9(2,3)14/h4-5,10,14H,1-3H3,(H,11,12,13)/b5-4-,10-6?. The van der Waals surface area contributed by atoms with E-state index in [0.717, 1.165) is 0 Å². The molecule has 0 radical (unpaired) electrons. The summed E-state index contributed by atoms with van der Waals surface area (Å²) < 4.78 is 0. The minimum atomic E-state index is -1.02. The second-order valence-electron chi connectivity index (χ2n) is 3.62. The van der Waals surface area contributed by atoms with Crippen molar-refractivity contribution in [2.45, 2.75) is 26.4 Å². The minimum Gasteiger partial charge on any atom is -0.382 e. The Bertz CT molecular complexity index is 359. The van der Waals surface area contributed by atoms with Gasteiger partial charge in [0.1, 0.15) is 5.60 Å². The van der Waals surface area contributed by atoms with Gasteiger partial charge in [0.05, 0.1) is 0 Å². The molecular weight excluding hydrogens is 180 g/mol. The maximum atomic E-state index is 9.58. The molecule has 0 fully saturated rings. The van der Waals surface area contributed by atoms with E-state index in [-0.39, 0.29) is 0 Å². The zero-order chi connectivity index (χ0) is 10.8. The molecule has 14 heavy (non-hydrogen) atoms. The van der Waals surface area contributed by atoms with Crippen molar-refractivity contribution >= 4 is 11.8 Å². The number of aromatic amines is 1. The van der Waals surface area contributed by atoms with Gasteiger partial charge in [-0.1, -0.05) is 0 Å². The third kappa shape index (κ3) is 2.77. The van der Waals surface area contributed by atoms with Gasteiger partial charge in [0.2, 0.25) is 0 Å². The van der Waals surface area contributed by atoms with Gasteiger partial charge in [-0.15, -0.1) is 0 Å². The number of hydrogen-bond donors (Lipinski definition) is 3. The zero-order valence-electron chi connectivity index (χ0n) is 8.50. The Hall–Kier alpha value is -1.49. The highest BCUT2D eigenvalue weighted by Gasteiger charge is 2.19. The summed E-state index contributed by atoms with van der Waals surface area (Å²) in [5.41, 5.74) is -0.585. The number of nitrogens with zero attached hydrogens (tertiary/aromatic N) is 2. The lowest BCUT2D eigenvalue weighted by atomic mass is 10.1. The summed E-state index contributed by atoms with van der Waals surface area (Å²) in [4.78, 5) is 4.05. The summed E-state index contributed by atoms with van der Waals surface area (Å²) in [6.07, 6.45) is 3.21. The van der Waals surface area contributed by atoms with E-state index in [1.165, 1.54) is 0 Å². The van der Waals surface area contributed by atoms with Crippen LogP contribution in [0.3, 0.4) is 0 Å². The van der Waals surface area contributed by atoms with Crippen molar-refractivity contribution in [1.29, 1.82) is 5.41 Å². The number of rotatable bonds is 3. The first-order valence-corrected chi connectivity index (χ1v) is 4.28. The molecule has 0 amide bonds. The summed E-state index contributed by atoms with van der Waals surface area (Å²) in [6, 6.07) is 0. The predicted octanol–water partition coefficient (Wildman–Crippen LogP) is 1.08. The molecule has 0 atom stereocenters. The Kier molecular flexibility index (Phi) is 2.81. The maximum Gasteiger partial charge on any atom is 0.174 e. The average Bonchev–Trinajstić information content (AvgIpc) is 2.47. The van der Waals surface area contributed by atoms with Gasteiger partial charge in [-0.05, 0) is 32.9 Å². The van der Waals surface area contributed by atoms with Crippen LogP contribution in [0.1, 0.15) is 32.4 Å². The van der Waals surface area contributed by atoms with E-state index in [1.54, 1.807) is 32.9 Å². The summed E-state index contributed by atoms with van der Waals surface area (Å²) in [5, 5.41) is 23.3. The van der Waals surface area contributed by atoms with Gasteiger partial charge < -0.3 is 10.5 Å². The first kappa shape index (κ1) is 10.6. The van der Waals surface area contributed by atoms with Crippen molar-refractivity contribution in [2.24, 2.45) is 0 Å². The highest BCUT2D eigenvalue weighted by atomic mass is 16.3. The highest BCUT2D eigenvalue weighted by Crippen LogP contribution is 2.14. The number of aliphatic hydroxyl groups is 1. The second-order valence-corrected chi connectivity index (χ2v) is 3.62. The third-order valence-corrected chi connectivity index (χ3v) is 1.56.